The Bertz CT molecular complexity index is 335. The summed E-state index contributed by atoms with van der Waals surface area (Å²) in [7, 11) is 1.80. The van der Waals surface area contributed by atoms with Crippen molar-refractivity contribution in [2.24, 2.45) is 0 Å². The minimum Gasteiger partial charge on any atom is -0.394 e. The van der Waals surface area contributed by atoms with Crippen LogP contribution in [-0.2, 0) is 0 Å². The molecule has 1 heterocycles. The molecule has 5 heteroatoms. The van der Waals surface area contributed by atoms with Crippen LogP contribution in [0.2, 0.25) is 0 Å². The van der Waals surface area contributed by atoms with E-state index < -0.39 is 5.54 Å². The van der Waals surface area contributed by atoms with E-state index in [1.165, 1.54) is 12.4 Å². The van der Waals surface area contributed by atoms with Crippen molar-refractivity contribution in [3.05, 3.63) is 18.0 Å². The average Bonchev–Trinajstić information content (AvgIpc) is 2.28. The monoisotopic (exact) mass is 209 g/mol. The second-order valence-electron chi connectivity index (χ2n) is 3.96. The van der Waals surface area contributed by atoms with E-state index >= 15 is 0 Å². The average molecular weight is 209 g/mol. The van der Waals surface area contributed by atoms with Gasteiger partial charge in [0.25, 0.3) is 0 Å². The first-order chi connectivity index (χ1) is 7.01. The van der Waals surface area contributed by atoms with Gasteiger partial charge in [0, 0.05) is 19.4 Å². The molecule has 0 fully saturated rings. The third-order valence-corrected chi connectivity index (χ3v) is 2.39. The maximum atomic E-state index is 10.4. The van der Waals surface area contributed by atoms with Crippen molar-refractivity contribution < 1.29 is 9.90 Å². The predicted molar refractivity (Wildman–Crippen MR) is 57.0 cm³/mol. The highest BCUT2D eigenvalue weighted by Crippen LogP contribution is 2.16. The minimum atomic E-state index is -0.428. The lowest BCUT2D eigenvalue weighted by atomic mass is 10.1. The second kappa shape index (κ2) is 4.35. The SMILES string of the molecule is CN(c1ncc(C=O)cn1)C(C)(C)CO. The van der Waals surface area contributed by atoms with Gasteiger partial charge in [-0.1, -0.05) is 0 Å². The lowest BCUT2D eigenvalue weighted by molar-refractivity contribution is 0.112. The minimum absolute atomic E-state index is 0.00227. The lowest BCUT2D eigenvalue weighted by Crippen LogP contribution is -2.45. The van der Waals surface area contributed by atoms with Gasteiger partial charge in [-0.25, -0.2) is 9.97 Å². The molecule has 1 N–H and O–H groups in total. The summed E-state index contributed by atoms with van der Waals surface area (Å²) in [6.45, 7) is 3.76. The Morgan fingerprint density at radius 2 is 2.00 bits per heavy atom. The Balaban J connectivity index is 2.91. The van der Waals surface area contributed by atoms with E-state index in [1.807, 2.05) is 13.8 Å². The van der Waals surface area contributed by atoms with Crippen LogP contribution in [0, 0.1) is 0 Å². The van der Waals surface area contributed by atoms with Crippen molar-refractivity contribution in [1.82, 2.24) is 9.97 Å². The van der Waals surface area contributed by atoms with Crippen LogP contribution in [0.15, 0.2) is 12.4 Å². The van der Waals surface area contributed by atoms with Crippen LogP contribution in [0.25, 0.3) is 0 Å². The van der Waals surface area contributed by atoms with E-state index in [4.69, 9.17) is 0 Å². The summed E-state index contributed by atoms with van der Waals surface area (Å²) in [4.78, 5) is 20.2. The molecule has 0 saturated carbocycles. The van der Waals surface area contributed by atoms with E-state index in [1.54, 1.807) is 11.9 Å². The normalized spacial score (nSPS) is 11.2. The third-order valence-electron chi connectivity index (χ3n) is 2.39. The highest BCUT2D eigenvalue weighted by molar-refractivity contribution is 5.73. The Kier molecular flexibility index (Phi) is 3.36. The molecule has 1 aromatic rings. The Hall–Kier alpha value is -1.49. The molecule has 0 aliphatic carbocycles. The first kappa shape index (κ1) is 11.6. The van der Waals surface area contributed by atoms with Crippen molar-refractivity contribution in [3.8, 4) is 0 Å². The number of anilines is 1. The third kappa shape index (κ3) is 2.50. The van der Waals surface area contributed by atoms with Crippen LogP contribution >= 0.6 is 0 Å². The number of likely N-dealkylation sites (N-methyl/N-ethyl adjacent to an activating group) is 1. The molecule has 15 heavy (non-hydrogen) atoms. The number of hydrogen-bond donors (Lipinski definition) is 1. The zero-order valence-corrected chi connectivity index (χ0v) is 9.14. The molecule has 0 unspecified atom stereocenters. The van der Waals surface area contributed by atoms with Gasteiger partial charge >= 0.3 is 0 Å². The molecular formula is C10H15N3O2. The molecule has 0 aliphatic heterocycles. The lowest BCUT2D eigenvalue weighted by Gasteiger charge is -2.33. The first-order valence-corrected chi connectivity index (χ1v) is 4.63. The van der Waals surface area contributed by atoms with E-state index in [2.05, 4.69) is 9.97 Å². The smallest absolute Gasteiger partial charge is 0.225 e. The zero-order valence-electron chi connectivity index (χ0n) is 9.14. The summed E-state index contributed by atoms with van der Waals surface area (Å²) in [6.07, 6.45) is 3.61. The summed E-state index contributed by atoms with van der Waals surface area (Å²) in [5.41, 5.74) is 0.0110. The summed E-state index contributed by atoms with van der Waals surface area (Å²) < 4.78 is 0. The number of carbonyl (C=O) groups excluding carboxylic acids is 1. The molecule has 1 aromatic heterocycles. The fraction of sp³-hybridized carbons (Fsp3) is 0.500. The van der Waals surface area contributed by atoms with Gasteiger partial charge in [-0.05, 0) is 13.8 Å². The van der Waals surface area contributed by atoms with Crippen molar-refractivity contribution in [1.29, 1.82) is 0 Å². The summed E-state index contributed by atoms with van der Waals surface area (Å²) in [5, 5.41) is 9.17. The fourth-order valence-corrected chi connectivity index (χ4v) is 0.942. The molecule has 0 bridgehead atoms. The Labute approximate surface area is 88.8 Å². The molecule has 0 amide bonds. The van der Waals surface area contributed by atoms with Crippen molar-refractivity contribution >= 4 is 12.2 Å². The maximum absolute atomic E-state index is 10.4. The van der Waals surface area contributed by atoms with Crippen molar-refractivity contribution in [2.45, 2.75) is 19.4 Å². The number of nitrogens with zero attached hydrogens (tertiary/aromatic N) is 3. The van der Waals surface area contributed by atoms with E-state index in [9.17, 15) is 9.90 Å². The maximum Gasteiger partial charge on any atom is 0.225 e. The number of rotatable bonds is 4. The van der Waals surface area contributed by atoms with E-state index in [0.29, 0.717) is 17.8 Å². The van der Waals surface area contributed by atoms with Crippen LogP contribution in [0.3, 0.4) is 0 Å². The molecule has 0 atom stereocenters. The molecule has 0 spiro atoms. The van der Waals surface area contributed by atoms with E-state index in [-0.39, 0.29) is 6.61 Å². The van der Waals surface area contributed by atoms with Crippen LogP contribution in [-0.4, -0.2) is 40.6 Å². The number of aliphatic hydroxyl groups excluding tert-OH is 1. The number of aromatic nitrogens is 2. The molecule has 0 saturated heterocycles. The van der Waals surface area contributed by atoms with Crippen LogP contribution < -0.4 is 4.90 Å². The number of hydrogen-bond acceptors (Lipinski definition) is 5. The number of aldehydes is 1. The largest absolute Gasteiger partial charge is 0.394 e. The highest BCUT2D eigenvalue weighted by atomic mass is 16.3. The van der Waals surface area contributed by atoms with Crippen LogP contribution in [0.1, 0.15) is 24.2 Å². The predicted octanol–water partition coefficient (Wildman–Crippen LogP) is 0.496. The molecule has 1 rings (SSSR count). The van der Waals surface area contributed by atoms with Crippen LogP contribution in [0.4, 0.5) is 5.95 Å². The molecule has 0 radical (unpaired) electrons. The summed E-state index contributed by atoms with van der Waals surface area (Å²) in [5.74, 6) is 0.486. The Morgan fingerprint density at radius 3 is 2.40 bits per heavy atom. The molecule has 0 aliphatic rings. The molecule has 0 aromatic carbocycles. The molecule has 5 nitrogen and oxygen atoms in total. The number of carbonyl (C=O) groups is 1. The summed E-state index contributed by atoms with van der Waals surface area (Å²) in [6, 6.07) is 0. The second-order valence-corrected chi connectivity index (χ2v) is 3.96. The topological polar surface area (TPSA) is 66.3 Å². The molecule has 82 valence electrons. The van der Waals surface area contributed by atoms with E-state index in [0.717, 1.165) is 0 Å². The van der Waals surface area contributed by atoms with Gasteiger partial charge in [0.05, 0.1) is 17.7 Å². The fourth-order valence-electron chi connectivity index (χ4n) is 0.942. The van der Waals surface area contributed by atoms with Gasteiger partial charge in [-0.2, -0.15) is 0 Å². The highest BCUT2D eigenvalue weighted by Gasteiger charge is 2.24. The Morgan fingerprint density at radius 1 is 1.47 bits per heavy atom. The number of aliphatic hydroxyl groups is 1. The van der Waals surface area contributed by atoms with Gasteiger partial charge < -0.3 is 10.0 Å². The first-order valence-electron chi connectivity index (χ1n) is 4.63. The van der Waals surface area contributed by atoms with Gasteiger partial charge in [-0.3, -0.25) is 4.79 Å². The van der Waals surface area contributed by atoms with Gasteiger partial charge in [-0.15, -0.1) is 0 Å². The zero-order chi connectivity index (χ0) is 11.5. The van der Waals surface area contributed by atoms with Gasteiger partial charge in [0.1, 0.15) is 0 Å². The van der Waals surface area contributed by atoms with Gasteiger partial charge in [0.15, 0.2) is 6.29 Å². The quantitative estimate of drug-likeness (QED) is 0.731. The summed E-state index contributed by atoms with van der Waals surface area (Å²) >= 11 is 0. The van der Waals surface area contributed by atoms with Crippen molar-refractivity contribution in [3.63, 3.8) is 0 Å². The van der Waals surface area contributed by atoms with Gasteiger partial charge in [0.2, 0.25) is 5.95 Å². The van der Waals surface area contributed by atoms with Crippen molar-refractivity contribution in [2.75, 3.05) is 18.6 Å². The standard InChI is InChI=1S/C10H15N3O2/c1-10(2,7-15)13(3)9-11-4-8(6-14)5-12-9/h4-6,15H,7H2,1-3H3. The molecular weight excluding hydrogens is 194 g/mol. The van der Waals surface area contributed by atoms with Crippen LogP contribution in [0.5, 0.6) is 0 Å².